The van der Waals surface area contributed by atoms with Gasteiger partial charge in [-0.2, -0.15) is 0 Å². The molecule has 0 bridgehead atoms. The van der Waals surface area contributed by atoms with Crippen molar-refractivity contribution < 1.29 is 10.2 Å². The summed E-state index contributed by atoms with van der Waals surface area (Å²) in [6.07, 6.45) is 0. The highest BCUT2D eigenvalue weighted by molar-refractivity contribution is 5.28. The molecule has 0 radical (unpaired) electrons. The van der Waals surface area contributed by atoms with Crippen molar-refractivity contribution in [2.45, 2.75) is 0 Å². The van der Waals surface area contributed by atoms with E-state index in [-0.39, 0.29) is 0 Å². The summed E-state index contributed by atoms with van der Waals surface area (Å²) in [5, 5.41) is 14.0. The largest absolute Gasteiger partial charge is 0.593 e. The van der Waals surface area contributed by atoms with Crippen LogP contribution in [0, 0.1) is 0 Å². The van der Waals surface area contributed by atoms with Crippen molar-refractivity contribution in [1.29, 1.82) is 0 Å². The summed E-state index contributed by atoms with van der Waals surface area (Å²) in [7, 11) is 0. The Morgan fingerprint density at radius 1 is 0.750 bits per heavy atom. The van der Waals surface area contributed by atoms with Gasteiger partial charge in [0.2, 0.25) is 0 Å². The third-order valence-electron chi connectivity index (χ3n) is 0.885. The number of rotatable bonds is 0. The second-order valence-electron chi connectivity index (χ2n) is 1.58. The molecule has 0 fully saturated rings. The first kappa shape index (κ1) is 4.97. The lowest BCUT2D eigenvalue weighted by Crippen LogP contribution is -1.61. The van der Waals surface area contributed by atoms with Gasteiger partial charge in [0.15, 0.2) is 0 Å². The van der Waals surface area contributed by atoms with E-state index in [1.54, 1.807) is 24.3 Å². The van der Waals surface area contributed by atoms with Crippen LogP contribution in [0.15, 0.2) is 24.3 Å². The topological polar surface area (TPSA) is 45.8 Å². The van der Waals surface area contributed by atoms with Crippen molar-refractivity contribution in [3.63, 3.8) is 0 Å². The van der Waals surface area contributed by atoms with Gasteiger partial charge in [-0.25, -0.2) is 0 Å². The zero-order chi connectivity index (χ0) is 5.98. The molecular weight excluding hydrogens is 104 g/mol. The molecule has 0 saturated carbocycles. The van der Waals surface area contributed by atoms with Crippen LogP contribution in [0.5, 0.6) is 11.5 Å². The van der Waals surface area contributed by atoms with Crippen LogP contribution in [0.1, 0.15) is 0 Å². The minimum absolute atomic E-state index is 0.459. The second kappa shape index (κ2) is 1.74. The molecule has 4 N–H and O–H groups in total. The van der Waals surface area contributed by atoms with Gasteiger partial charge in [0.05, 0.1) is 0 Å². The van der Waals surface area contributed by atoms with Gasteiger partial charge in [0.1, 0.15) is 0 Å². The van der Waals surface area contributed by atoms with E-state index in [0.717, 1.165) is 0 Å². The second-order valence-corrected chi connectivity index (χ2v) is 1.58. The third kappa shape index (κ3) is 0.904. The molecule has 2 nitrogen and oxygen atoms in total. The molecule has 0 saturated heterocycles. The van der Waals surface area contributed by atoms with E-state index in [1.165, 1.54) is 0 Å². The molecule has 42 valence electrons. The Kier molecular flexibility index (Phi) is 1.08. The van der Waals surface area contributed by atoms with Gasteiger partial charge in [0.25, 0.3) is 11.5 Å². The molecule has 1 aromatic rings. The van der Waals surface area contributed by atoms with Crippen molar-refractivity contribution >= 4 is 0 Å². The highest BCUT2D eigenvalue weighted by Crippen LogP contribution is 2.13. The summed E-state index contributed by atoms with van der Waals surface area (Å²) in [5.41, 5.74) is 0. The summed E-state index contributed by atoms with van der Waals surface area (Å²) in [6.45, 7) is 0. The highest BCUT2D eigenvalue weighted by Gasteiger charge is 1.92. The van der Waals surface area contributed by atoms with Crippen molar-refractivity contribution in [2.24, 2.45) is 0 Å². The van der Waals surface area contributed by atoms with Gasteiger partial charge in [-0.1, -0.05) is 0 Å². The summed E-state index contributed by atoms with van der Waals surface area (Å²) in [4.78, 5) is 0. The monoisotopic (exact) mass is 112 g/mol. The lowest BCUT2D eigenvalue weighted by atomic mass is 10.3. The average Bonchev–Trinajstić information content (AvgIpc) is 1.77. The Hall–Kier alpha value is -1.18. The molecule has 0 atom stereocenters. The predicted molar refractivity (Wildman–Crippen MR) is 32.6 cm³/mol. The summed E-state index contributed by atoms with van der Waals surface area (Å²) >= 11 is 0. The van der Waals surface area contributed by atoms with Crippen LogP contribution < -0.4 is 0 Å². The van der Waals surface area contributed by atoms with Crippen molar-refractivity contribution in [3.05, 3.63) is 24.3 Å². The molecule has 1 rings (SSSR count). The van der Waals surface area contributed by atoms with Crippen LogP contribution in [0.4, 0.5) is 0 Å². The first-order chi connectivity index (χ1) is 3.79. The molecule has 0 spiro atoms. The van der Waals surface area contributed by atoms with Gasteiger partial charge in [-0.15, -0.1) is 0 Å². The molecule has 0 heterocycles. The predicted octanol–water partition coefficient (Wildman–Crippen LogP) is 0.562. The van der Waals surface area contributed by atoms with Gasteiger partial charge in [0, 0.05) is 24.3 Å². The lowest BCUT2D eigenvalue weighted by Gasteiger charge is -1.82. The Morgan fingerprint density at radius 3 is 1.25 bits per heavy atom. The number of hydrogen-bond acceptors (Lipinski definition) is 0. The molecule has 0 amide bonds. The molecule has 0 aliphatic heterocycles. The Labute approximate surface area is 47.0 Å². The van der Waals surface area contributed by atoms with Gasteiger partial charge < -0.3 is 10.2 Å². The molecule has 0 unspecified atom stereocenters. The van der Waals surface area contributed by atoms with Crippen LogP contribution in [0.2, 0.25) is 0 Å². The van der Waals surface area contributed by atoms with E-state index in [9.17, 15) is 0 Å². The minimum Gasteiger partial charge on any atom is -0.593 e. The zero-order valence-electron chi connectivity index (χ0n) is 4.31. The van der Waals surface area contributed by atoms with Crippen LogP contribution in [0.3, 0.4) is 0 Å². The Bertz CT molecular complexity index is 145. The van der Waals surface area contributed by atoms with Crippen LogP contribution in [0.25, 0.3) is 0 Å². The average molecular weight is 112 g/mol. The fourth-order valence-corrected chi connectivity index (χ4v) is 0.470. The maximum Gasteiger partial charge on any atom is 0.254 e. The number of hydrogen-bond donors (Lipinski definition) is 0. The fraction of sp³-hybridized carbons (Fsp3) is 0. The maximum atomic E-state index is 7.01. The van der Waals surface area contributed by atoms with E-state index < -0.39 is 0 Å². The van der Waals surface area contributed by atoms with Crippen LogP contribution in [-0.4, -0.2) is 10.2 Å². The van der Waals surface area contributed by atoms with Crippen molar-refractivity contribution in [3.8, 4) is 11.5 Å². The molecule has 8 heavy (non-hydrogen) atoms. The summed E-state index contributed by atoms with van der Waals surface area (Å²) < 4.78 is 0. The van der Waals surface area contributed by atoms with Gasteiger partial charge in [-0.3, -0.25) is 0 Å². The third-order valence-corrected chi connectivity index (χ3v) is 0.885. The van der Waals surface area contributed by atoms with E-state index in [4.69, 9.17) is 10.2 Å². The van der Waals surface area contributed by atoms with Crippen molar-refractivity contribution in [2.75, 3.05) is 0 Å². The first-order valence-electron chi connectivity index (χ1n) is 2.32. The summed E-state index contributed by atoms with van der Waals surface area (Å²) in [5.74, 6) is 0.919. The van der Waals surface area contributed by atoms with E-state index >= 15 is 0 Å². The Balaban J connectivity index is 3.03. The SMILES string of the molecule is [OH2+]c1ccc([OH2+])cc1. The molecule has 0 aliphatic rings. The van der Waals surface area contributed by atoms with E-state index in [0.29, 0.717) is 11.5 Å². The zero-order valence-corrected chi connectivity index (χ0v) is 4.31. The molecule has 0 aliphatic carbocycles. The lowest BCUT2D eigenvalue weighted by molar-refractivity contribution is 0.460. The summed E-state index contributed by atoms with van der Waals surface area (Å²) in [6, 6.07) is 6.40. The van der Waals surface area contributed by atoms with Crippen molar-refractivity contribution in [1.82, 2.24) is 0 Å². The fourth-order valence-electron chi connectivity index (χ4n) is 0.470. The maximum absolute atomic E-state index is 7.01. The highest BCUT2D eigenvalue weighted by atomic mass is 16.3. The van der Waals surface area contributed by atoms with Crippen LogP contribution in [-0.2, 0) is 0 Å². The molecule has 2 heteroatoms. The van der Waals surface area contributed by atoms with E-state index in [1.807, 2.05) is 0 Å². The first-order valence-corrected chi connectivity index (χ1v) is 2.32. The van der Waals surface area contributed by atoms with Gasteiger partial charge >= 0.3 is 0 Å². The number of benzene rings is 1. The normalized spacial score (nSPS) is 9.00. The Morgan fingerprint density at radius 2 is 1.00 bits per heavy atom. The standard InChI is InChI=1S/C6H6O2/c7-5-1-2-6(8)4-3-5/h1-4,7-8H/p+2. The van der Waals surface area contributed by atoms with E-state index in [2.05, 4.69) is 0 Å². The molecular formula is C6H8O2+2. The quantitative estimate of drug-likeness (QED) is 0.440. The molecule has 1 aromatic carbocycles. The minimum atomic E-state index is 0.459. The van der Waals surface area contributed by atoms with Crippen LogP contribution >= 0.6 is 0 Å². The molecule has 0 aromatic heterocycles. The van der Waals surface area contributed by atoms with Gasteiger partial charge in [-0.05, 0) is 0 Å². The smallest absolute Gasteiger partial charge is 0.254 e.